The molecule has 6 nitrogen and oxygen atoms in total. The second kappa shape index (κ2) is 3.41. The molecule has 0 radical (unpaired) electrons. The van der Waals surface area contributed by atoms with E-state index in [0.717, 1.165) is 0 Å². The Balaban J connectivity index is 2.31. The van der Waals surface area contributed by atoms with Crippen LogP contribution in [0.4, 0.5) is 0 Å². The third-order valence-corrected chi connectivity index (χ3v) is 2.15. The fourth-order valence-electron chi connectivity index (χ4n) is 1.09. The Hall–Kier alpha value is -1.37. The third kappa shape index (κ3) is 1.63. The lowest BCUT2D eigenvalue weighted by atomic mass is 10.5. The Morgan fingerprint density at radius 1 is 1.64 bits per heavy atom. The lowest BCUT2D eigenvalue weighted by Crippen LogP contribution is -2.22. The Morgan fingerprint density at radius 3 is 2.93 bits per heavy atom. The van der Waals surface area contributed by atoms with Crippen molar-refractivity contribution in [1.29, 1.82) is 0 Å². The monoisotopic (exact) mass is 258 g/mol. The van der Waals surface area contributed by atoms with Crippen LogP contribution in [0.15, 0.2) is 26.3 Å². The van der Waals surface area contributed by atoms with E-state index >= 15 is 0 Å². The highest BCUT2D eigenvalue weighted by atomic mass is 79.9. The zero-order valence-corrected chi connectivity index (χ0v) is 8.93. The lowest BCUT2D eigenvalue weighted by Gasteiger charge is -2.01. The van der Waals surface area contributed by atoms with Crippen LogP contribution in [0.5, 0.6) is 0 Å². The van der Waals surface area contributed by atoms with Gasteiger partial charge in [-0.15, -0.1) is 0 Å². The predicted octanol–water partition coefficient (Wildman–Crippen LogP) is 0.381. The van der Waals surface area contributed by atoms with Crippen molar-refractivity contribution in [3.8, 4) is 0 Å². The van der Waals surface area contributed by atoms with Crippen LogP contribution in [0.2, 0.25) is 0 Å². The normalized spacial score (nSPS) is 10.7. The molecule has 0 saturated carbocycles. The van der Waals surface area contributed by atoms with Crippen molar-refractivity contribution in [3.63, 3.8) is 0 Å². The summed E-state index contributed by atoms with van der Waals surface area (Å²) in [6.45, 7) is 0.327. The van der Waals surface area contributed by atoms with Gasteiger partial charge in [0, 0.05) is 13.1 Å². The second-order valence-corrected chi connectivity index (χ2v) is 3.59. The Labute approximate surface area is 87.2 Å². The number of rotatable bonds is 2. The summed E-state index contributed by atoms with van der Waals surface area (Å²) in [4.78, 5) is 14.8. The molecule has 0 saturated heterocycles. The molecule has 74 valence electrons. The molecule has 0 fully saturated rings. The van der Waals surface area contributed by atoms with Gasteiger partial charge in [0.1, 0.15) is 17.5 Å². The summed E-state index contributed by atoms with van der Waals surface area (Å²) >= 11 is 3.16. The van der Waals surface area contributed by atoms with E-state index in [1.165, 1.54) is 11.0 Å². The van der Waals surface area contributed by atoms with Crippen molar-refractivity contribution >= 4 is 15.9 Å². The lowest BCUT2D eigenvalue weighted by molar-refractivity contribution is 0.357. The molecule has 0 aliphatic carbocycles. The number of nitrogens with zero attached hydrogens (tertiary/aromatic N) is 4. The van der Waals surface area contributed by atoms with E-state index in [4.69, 9.17) is 4.52 Å². The van der Waals surface area contributed by atoms with Crippen molar-refractivity contribution in [2.45, 2.75) is 6.54 Å². The summed E-state index contributed by atoms with van der Waals surface area (Å²) in [6.07, 6.45) is 1.45. The molecule has 0 aromatic carbocycles. The molecule has 14 heavy (non-hydrogen) atoms. The van der Waals surface area contributed by atoms with Gasteiger partial charge in [-0.2, -0.15) is 4.98 Å². The van der Waals surface area contributed by atoms with E-state index in [0.29, 0.717) is 16.9 Å². The summed E-state index contributed by atoms with van der Waals surface area (Å²) < 4.78 is 8.60. The third-order valence-electron chi connectivity index (χ3n) is 1.77. The molecule has 0 N–H and O–H groups in total. The first-order valence-electron chi connectivity index (χ1n) is 3.86. The number of hydrogen-bond donors (Lipinski definition) is 0. The van der Waals surface area contributed by atoms with Gasteiger partial charge in [-0.3, -0.25) is 4.68 Å². The zero-order valence-electron chi connectivity index (χ0n) is 7.35. The van der Waals surface area contributed by atoms with Crippen molar-refractivity contribution in [2.24, 2.45) is 7.05 Å². The number of aromatic nitrogens is 4. The smallest absolute Gasteiger partial charge is 0.358 e. The van der Waals surface area contributed by atoms with Crippen molar-refractivity contribution in [1.82, 2.24) is 19.5 Å². The maximum absolute atomic E-state index is 11.2. The van der Waals surface area contributed by atoms with Gasteiger partial charge in [0.05, 0.1) is 0 Å². The number of halogens is 1. The van der Waals surface area contributed by atoms with Crippen LogP contribution in [0.25, 0.3) is 0 Å². The molecule has 7 heteroatoms. The molecule has 0 aliphatic heterocycles. The first-order valence-corrected chi connectivity index (χ1v) is 4.65. The van der Waals surface area contributed by atoms with Crippen LogP contribution >= 0.6 is 15.9 Å². The van der Waals surface area contributed by atoms with Gasteiger partial charge in [-0.1, -0.05) is 5.16 Å². The average Bonchev–Trinajstić information content (AvgIpc) is 2.67. The summed E-state index contributed by atoms with van der Waals surface area (Å²) in [5.41, 5.74) is -0.306. The number of hydrogen-bond acceptors (Lipinski definition) is 4. The topological polar surface area (TPSA) is 65.8 Å². The van der Waals surface area contributed by atoms with Crippen LogP contribution in [-0.4, -0.2) is 19.5 Å². The maximum atomic E-state index is 11.2. The van der Waals surface area contributed by atoms with E-state index in [2.05, 4.69) is 26.1 Å². The average molecular weight is 259 g/mol. The van der Waals surface area contributed by atoms with Gasteiger partial charge in [-0.25, -0.2) is 9.48 Å². The molecule has 2 aromatic rings. The highest BCUT2D eigenvalue weighted by Gasteiger charge is 2.06. The molecular formula is C7H7BrN4O2. The van der Waals surface area contributed by atoms with Gasteiger partial charge in [-0.05, 0) is 15.9 Å². The highest BCUT2D eigenvalue weighted by Crippen LogP contribution is 2.09. The fraction of sp³-hybridized carbons (Fsp3) is 0.286. The van der Waals surface area contributed by atoms with Crippen molar-refractivity contribution in [2.75, 3.05) is 0 Å². The van der Waals surface area contributed by atoms with Crippen LogP contribution in [0.3, 0.4) is 0 Å². The minimum Gasteiger partial charge on any atom is -0.358 e. The molecule has 0 bridgehead atoms. The molecule has 0 amide bonds. The molecule has 2 rings (SSSR count). The van der Waals surface area contributed by atoms with Crippen molar-refractivity contribution in [3.05, 3.63) is 33.2 Å². The van der Waals surface area contributed by atoms with Gasteiger partial charge < -0.3 is 4.52 Å². The quantitative estimate of drug-likeness (QED) is 0.782. The first kappa shape index (κ1) is 9.20. The van der Waals surface area contributed by atoms with Crippen LogP contribution in [0, 0.1) is 0 Å². The minimum absolute atomic E-state index is 0.306. The van der Waals surface area contributed by atoms with E-state index in [-0.39, 0.29) is 5.69 Å². The molecular weight excluding hydrogens is 252 g/mol. The van der Waals surface area contributed by atoms with Crippen LogP contribution in [0.1, 0.15) is 5.76 Å². The Morgan fingerprint density at radius 2 is 2.43 bits per heavy atom. The summed E-state index contributed by atoms with van der Waals surface area (Å²) in [5.74, 6) is 0.600. The predicted molar refractivity (Wildman–Crippen MR) is 50.8 cm³/mol. The largest absolute Gasteiger partial charge is 0.364 e. The van der Waals surface area contributed by atoms with Crippen LogP contribution in [-0.2, 0) is 13.6 Å². The van der Waals surface area contributed by atoms with E-state index in [1.54, 1.807) is 17.8 Å². The van der Waals surface area contributed by atoms with Gasteiger partial charge in [0.15, 0.2) is 5.76 Å². The fourth-order valence-corrected chi connectivity index (χ4v) is 1.41. The molecule has 0 unspecified atom stereocenters. The standard InChI is InChI=1S/C7H7BrN4O2/c1-11-4-9-7(13)12(11)3-5-2-6(8)10-14-5/h2,4H,3H2,1H3. The Kier molecular flexibility index (Phi) is 2.24. The molecule has 0 atom stereocenters. The van der Waals surface area contributed by atoms with Gasteiger partial charge in [0.25, 0.3) is 0 Å². The summed E-state index contributed by atoms with van der Waals surface area (Å²) in [7, 11) is 1.74. The first-order chi connectivity index (χ1) is 6.66. The molecule has 2 aromatic heterocycles. The molecule has 2 heterocycles. The minimum atomic E-state index is -0.306. The maximum Gasteiger partial charge on any atom is 0.364 e. The second-order valence-electron chi connectivity index (χ2n) is 2.77. The number of aryl methyl sites for hydroxylation is 1. The summed E-state index contributed by atoms with van der Waals surface area (Å²) in [6, 6.07) is 1.71. The van der Waals surface area contributed by atoms with Gasteiger partial charge in [0.2, 0.25) is 0 Å². The zero-order chi connectivity index (χ0) is 10.1. The van der Waals surface area contributed by atoms with E-state index in [1.807, 2.05) is 0 Å². The van der Waals surface area contributed by atoms with Crippen LogP contribution < -0.4 is 5.69 Å². The SMILES string of the molecule is Cn1cnc(=O)n1Cc1cc(Br)no1. The summed E-state index contributed by atoms with van der Waals surface area (Å²) in [5, 5.41) is 3.65. The van der Waals surface area contributed by atoms with Gasteiger partial charge >= 0.3 is 5.69 Å². The molecule has 0 spiro atoms. The Bertz CT molecular complexity index is 498. The molecule has 0 aliphatic rings. The highest BCUT2D eigenvalue weighted by molar-refractivity contribution is 9.10. The van der Waals surface area contributed by atoms with E-state index < -0.39 is 0 Å². The van der Waals surface area contributed by atoms with E-state index in [9.17, 15) is 4.79 Å². The van der Waals surface area contributed by atoms with Crippen molar-refractivity contribution < 1.29 is 4.52 Å².